The fourth-order valence-corrected chi connectivity index (χ4v) is 3.65. The molecular weight excluding hydrogens is 384 g/mol. The van der Waals surface area contributed by atoms with Crippen LogP contribution in [0.25, 0.3) is 0 Å². The molecule has 2 aliphatic heterocycles. The highest BCUT2D eigenvalue weighted by Gasteiger charge is 2.33. The Hall–Kier alpha value is -3.55. The molecule has 8 nitrogen and oxygen atoms in total. The zero-order chi connectivity index (χ0) is 21.1. The van der Waals surface area contributed by atoms with Gasteiger partial charge >= 0.3 is 6.09 Å². The Balaban J connectivity index is 1.33. The highest BCUT2D eigenvalue weighted by atomic mass is 16.6. The Morgan fingerprint density at radius 1 is 1.13 bits per heavy atom. The van der Waals surface area contributed by atoms with Gasteiger partial charge in [-0.3, -0.25) is 15.1 Å². The van der Waals surface area contributed by atoms with Crippen LogP contribution in [-0.2, 0) is 4.74 Å². The second-order valence-corrected chi connectivity index (χ2v) is 7.42. The van der Waals surface area contributed by atoms with Crippen molar-refractivity contribution in [3.05, 3.63) is 59.7 Å². The standard InChI is InChI=1S/C22H24N4O4/c23-20(24)16-4-3-5-17(12-16)26-13-19(30-22(26)28)14-29-18-8-6-15(7-9-18)21(27)25-10-1-2-11-25/h3-9,12,19H,1-2,10-11,13-14H2,(H3,23,24). The van der Waals surface area contributed by atoms with Crippen LogP contribution in [0.1, 0.15) is 28.8 Å². The average molecular weight is 408 g/mol. The molecule has 0 bridgehead atoms. The van der Waals surface area contributed by atoms with Crippen LogP contribution in [0.5, 0.6) is 5.75 Å². The summed E-state index contributed by atoms with van der Waals surface area (Å²) in [6, 6.07) is 13.9. The molecule has 2 heterocycles. The number of amidine groups is 1. The molecule has 2 fully saturated rings. The quantitative estimate of drug-likeness (QED) is 0.564. The third-order valence-electron chi connectivity index (χ3n) is 5.27. The van der Waals surface area contributed by atoms with Crippen molar-refractivity contribution in [1.82, 2.24) is 4.90 Å². The predicted octanol–water partition coefficient (Wildman–Crippen LogP) is 2.61. The number of benzene rings is 2. The second kappa shape index (κ2) is 8.44. The molecule has 3 N–H and O–H groups in total. The number of carbonyl (C=O) groups excluding carboxylic acids is 2. The summed E-state index contributed by atoms with van der Waals surface area (Å²) in [5, 5.41) is 7.54. The van der Waals surface area contributed by atoms with Crippen LogP contribution < -0.4 is 15.4 Å². The van der Waals surface area contributed by atoms with Gasteiger partial charge in [0.2, 0.25) is 0 Å². The van der Waals surface area contributed by atoms with Gasteiger partial charge in [-0.2, -0.15) is 0 Å². The zero-order valence-electron chi connectivity index (χ0n) is 16.5. The number of amides is 2. The molecule has 2 aromatic rings. The summed E-state index contributed by atoms with van der Waals surface area (Å²) in [5.41, 5.74) is 7.34. The van der Waals surface area contributed by atoms with Crippen LogP contribution in [0.2, 0.25) is 0 Å². The lowest BCUT2D eigenvalue weighted by Gasteiger charge is -2.16. The molecule has 2 amide bonds. The van der Waals surface area contributed by atoms with Gasteiger partial charge in [0.1, 0.15) is 18.2 Å². The third kappa shape index (κ3) is 4.22. The average Bonchev–Trinajstić information content (AvgIpc) is 3.42. The number of anilines is 1. The van der Waals surface area contributed by atoms with Gasteiger partial charge < -0.3 is 20.1 Å². The first-order valence-electron chi connectivity index (χ1n) is 9.96. The van der Waals surface area contributed by atoms with Crippen molar-refractivity contribution in [3.8, 4) is 5.75 Å². The smallest absolute Gasteiger partial charge is 0.414 e. The van der Waals surface area contributed by atoms with Crippen LogP contribution >= 0.6 is 0 Å². The summed E-state index contributed by atoms with van der Waals surface area (Å²) >= 11 is 0. The number of nitrogens with two attached hydrogens (primary N) is 1. The number of nitrogens with one attached hydrogen (secondary N) is 1. The van der Waals surface area contributed by atoms with Crippen LogP contribution in [-0.4, -0.2) is 55.1 Å². The van der Waals surface area contributed by atoms with E-state index < -0.39 is 12.2 Å². The number of rotatable bonds is 6. The van der Waals surface area contributed by atoms with E-state index in [-0.39, 0.29) is 18.3 Å². The maximum Gasteiger partial charge on any atom is 0.414 e. The summed E-state index contributed by atoms with van der Waals surface area (Å²) in [6.07, 6.45) is 1.23. The Labute approximate surface area is 174 Å². The third-order valence-corrected chi connectivity index (χ3v) is 5.27. The summed E-state index contributed by atoms with van der Waals surface area (Å²) in [6.45, 7) is 2.17. The highest BCUT2D eigenvalue weighted by molar-refractivity contribution is 5.97. The maximum absolute atomic E-state index is 12.4. The van der Waals surface area contributed by atoms with Crippen LogP contribution in [0.3, 0.4) is 0 Å². The van der Waals surface area contributed by atoms with E-state index in [0.717, 1.165) is 25.9 Å². The van der Waals surface area contributed by atoms with E-state index in [9.17, 15) is 9.59 Å². The Morgan fingerprint density at radius 3 is 2.57 bits per heavy atom. The highest BCUT2D eigenvalue weighted by Crippen LogP contribution is 2.23. The molecule has 8 heteroatoms. The number of hydrogen-bond donors (Lipinski definition) is 2. The fraction of sp³-hybridized carbons (Fsp3) is 0.318. The fourth-order valence-electron chi connectivity index (χ4n) is 3.65. The molecular formula is C22H24N4O4. The number of nitrogens with zero attached hydrogens (tertiary/aromatic N) is 2. The summed E-state index contributed by atoms with van der Waals surface area (Å²) in [7, 11) is 0. The number of ether oxygens (including phenoxy) is 2. The maximum atomic E-state index is 12.4. The minimum atomic E-state index is -0.462. The molecule has 4 rings (SSSR count). The van der Waals surface area contributed by atoms with Crippen molar-refractivity contribution in [1.29, 1.82) is 5.41 Å². The summed E-state index contributed by atoms with van der Waals surface area (Å²) < 4.78 is 11.2. The molecule has 1 atom stereocenters. The van der Waals surface area contributed by atoms with Gasteiger partial charge in [-0.1, -0.05) is 12.1 Å². The molecule has 0 saturated carbocycles. The van der Waals surface area contributed by atoms with Gasteiger partial charge in [0.05, 0.1) is 6.54 Å². The first kappa shape index (κ1) is 19.8. The van der Waals surface area contributed by atoms with Crippen molar-refractivity contribution in [2.24, 2.45) is 5.73 Å². The molecule has 2 aromatic carbocycles. The largest absolute Gasteiger partial charge is 0.490 e. The van der Waals surface area contributed by atoms with Crippen molar-refractivity contribution in [3.63, 3.8) is 0 Å². The van der Waals surface area contributed by atoms with E-state index in [1.807, 2.05) is 4.90 Å². The molecule has 0 aliphatic carbocycles. The second-order valence-electron chi connectivity index (χ2n) is 7.42. The van der Waals surface area contributed by atoms with Gasteiger partial charge in [0.25, 0.3) is 5.91 Å². The van der Waals surface area contributed by atoms with E-state index >= 15 is 0 Å². The molecule has 2 aliphatic rings. The van der Waals surface area contributed by atoms with Gasteiger partial charge in [-0.15, -0.1) is 0 Å². The van der Waals surface area contributed by atoms with Crippen LogP contribution in [0.15, 0.2) is 48.5 Å². The summed E-state index contributed by atoms with van der Waals surface area (Å²) in [5.74, 6) is 0.601. The normalized spacial score (nSPS) is 18.4. The molecule has 2 saturated heterocycles. The molecule has 0 spiro atoms. The van der Waals surface area contributed by atoms with Crippen LogP contribution in [0, 0.1) is 5.41 Å². The number of carbonyl (C=O) groups is 2. The van der Waals surface area contributed by atoms with Gasteiger partial charge in [-0.25, -0.2) is 4.79 Å². The Kier molecular flexibility index (Phi) is 5.56. The number of likely N-dealkylation sites (tertiary alicyclic amines) is 1. The molecule has 0 aromatic heterocycles. The molecule has 0 radical (unpaired) electrons. The first-order valence-corrected chi connectivity index (χ1v) is 9.96. The minimum absolute atomic E-state index is 0.0483. The van der Waals surface area contributed by atoms with Gasteiger partial charge in [0, 0.05) is 29.9 Å². The summed E-state index contributed by atoms with van der Waals surface area (Å²) in [4.78, 5) is 28.0. The van der Waals surface area contributed by atoms with Crippen molar-refractivity contribution >= 4 is 23.5 Å². The zero-order valence-corrected chi connectivity index (χ0v) is 16.5. The number of cyclic esters (lactones) is 1. The lowest BCUT2D eigenvalue weighted by molar-refractivity contribution is 0.0792. The van der Waals surface area contributed by atoms with Crippen molar-refractivity contribution in [2.45, 2.75) is 18.9 Å². The lowest BCUT2D eigenvalue weighted by Crippen LogP contribution is -2.27. The van der Waals surface area contributed by atoms with E-state index in [4.69, 9.17) is 20.6 Å². The molecule has 156 valence electrons. The van der Waals surface area contributed by atoms with E-state index in [2.05, 4.69) is 0 Å². The molecule has 30 heavy (non-hydrogen) atoms. The minimum Gasteiger partial charge on any atom is -0.490 e. The monoisotopic (exact) mass is 408 g/mol. The first-order chi connectivity index (χ1) is 14.5. The van der Waals surface area contributed by atoms with Crippen LogP contribution in [0.4, 0.5) is 10.5 Å². The Morgan fingerprint density at radius 2 is 1.87 bits per heavy atom. The van der Waals surface area contributed by atoms with E-state index in [1.165, 1.54) is 4.90 Å². The Bertz CT molecular complexity index is 954. The van der Waals surface area contributed by atoms with Gasteiger partial charge in [0.15, 0.2) is 6.10 Å². The van der Waals surface area contributed by atoms with E-state index in [1.54, 1.807) is 48.5 Å². The van der Waals surface area contributed by atoms with Crippen molar-refractivity contribution in [2.75, 3.05) is 31.1 Å². The number of nitrogen functional groups attached to an aromatic ring is 1. The van der Waals surface area contributed by atoms with Gasteiger partial charge in [-0.05, 0) is 49.2 Å². The lowest BCUT2D eigenvalue weighted by atomic mass is 10.1. The topological polar surface area (TPSA) is 109 Å². The van der Waals surface area contributed by atoms with E-state index in [0.29, 0.717) is 29.1 Å². The predicted molar refractivity (Wildman–Crippen MR) is 112 cm³/mol. The SMILES string of the molecule is N=C(N)c1cccc(N2CC(COc3ccc(C(=O)N4CCCC4)cc3)OC2=O)c1. The number of hydrogen-bond acceptors (Lipinski definition) is 5. The van der Waals surface area contributed by atoms with Crippen molar-refractivity contribution < 1.29 is 19.1 Å². The molecule has 1 unspecified atom stereocenters.